The van der Waals surface area contributed by atoms with E-state index in [1.165, 1.54) is 5.56 Å². The molecule has 0 saturated heterocycles. The number of hydrogen-bond acceptors (Lipinski definition) is 2. The minimum Gasteiger partial charge on any atom is -0.480 e. The van der Waals surface area contributed by atoms with E-state index in [1.54, 1.807) is 0 Å². The fraction of sp³-hybridized carbons (Fsp3) is 0.588. The lowest BCUT2D eigenvalue weighted by atomic mass is 9.86. The maximum atomic E-state index is 11.4. The summed E-state index contributed by atoms with van der Waals surface area (Å²) in [5.41, 5.74) is 2.12. The SMILES string of the molecule is CC(C)CCNC(C(=O)O)c1ccc(C(C)(C)C)cc1. The lowest BCUT2D eigenvalue weighted by molar-refractivity contribution is -0.139. The van der Waals surface area contributed by atoms with E-state index >= 15 is 0 Å². The zero-order valence-corrected chi connectivity index (χ0v) is 13.2. The van der Waals surface area contributed by atoms with Crippen molar-refractivity contribution in [1.29, 1.82) is 0 Å². The van der Waals surface area contributed by atoms with Crippen LogP contribution in [0, 0.1) is 5.92 Å². The van der Waals surface area contributed by atoms with Crippen LogP contribution in [0.1, 0.15) is 58.2 Å². The van der Waals surface area contributed by atoms with Gasteiger partial charge in [0.25, 0.3) is 0 Å². The second-order valence-electron chi connectivity index (χ2n) is 6.78. The minimum atomic E-state index is -0.822. The zero-order valence-electron chi connectivity index (χ0n) is 13.2. The first-order valence-electron chi connectivity index (χ1n) is 7.28. The van der Waals surface area contributed by atoms with Gasteiger partial charge in [0, 0.05) is 0 Å². The highest BCUT2D eigenvalue weighted by Gasteiger charge is 2.20. The summed E-state index contributed by atoms with van der Waals surface area (Å²) in [7, 11) is 0. The third-order valence-corrected chi connectivity index (χ3v) is 3.43. The Bertz CT molecular complexity index is 429. The molecule has 1 atom stereocenters. The summed E-state index contributed by atoms with van der Waals surface area (Å²) >= 11 is 0. The van der Waals surface area contributed by atoms with Gasteiger partial charge in [0.05, 0.1) is 0 Å². The Morgan fingerprint density at radius 2 is 1.75 bits per heavy atom. The number of aliphatic carboxylic acids is 1. The Morgan fingerprint density at radius 3 is 2.15 bits per heavy atom. The molecule has 0 radical (unpaired) electrons. The molecule has 2 N–H and O–H groups in total. The van der Waals surface area contributed by atoms with Gasteiger partial charge in [0.15, 0.2) is 0 Å². The van der Waals surface area contributed by atoms with Gasteiger partial charge in [-0.3, -0.25) is 4.79 Å². The second kappa shape index (κ2) is 6.89. The van der Waals surface area contributed by atoms with E-state index in [9.17, 15) is 9.90 Å². The van der Waals surface area contributed by atoms with Gasteiger partial charge in [-0.05, 0) is 35.4 Å². The molecule has 1 rings (SSSR count). The van der Waals surface area contributed by atoms with Gasteiger partial charge in [-0.2, -0.15) is 0 Å². The highest BCUT2D eigenvalue weighted by Crippen LogP contribution is 2.24. The summed E-state index contributed by atoms with van der Waals surface area (Å²) in [6.07, 6.45) is 0.976. The van der Waals surface area contributed by atoms with Gasteiger partial charge in [-0.15, -0.1) is 0 Å². The number of rotatable bonds is 6. The third-order valence-electron chi connectivity index (χ3n) is 3.43. The number of carboxylic acids is 1. The Labute approximate surface area is 122 Å². The molecule has 3 nitrogen and oxygen atoms in total. The van der Waals surface area contributed by atoms with Crippen LogP contribution in [0.4, 0.5) is 0 Å². The molecule has 0 saturated carbocycles. The minimum absolute atomic E-state index is 0.0856. The van der Waals surface area contributed by atoms with Crippen molar-refractivity contribution in [3.05, 3.63) is 35.4 Å². The van der Waals surface area contributed by atoms with E-state index in [2.05, 4.69) is 39.9 Å². The molecule has 0 aliphatic heterocycles. The van der Waals surface area contributed by atoms with Gasteiger partial charge in [-0.25, -0.2) is 0 Å². The van der Waals surface area contributed by atoms with Gasteiger partial charge >= 0.3 is 5.97 Å². The highest BCUT2D eigenvalue weighted by atomic mass is 16.4. The highest BCUT2D eigenvalue weighted by molar-refractivity contribution is 5.75. The molecular formula is C17H27NO2. The van der Waals surface area contributed by atoms with Crippen LogP contribution in [0.15, 0.2) is 24.3 Å². The van der Waals surface area contributed by atoms with Gasteiger partial charge in [0.1, 0.15) is 6.04 Å². The van der Waals surface area contributed by atoms with Crippen LogP contribution >= 0.6 is 0 Å². The zero-order chi connectivity index (χ0) is 15.3. The van der Waals surface area contributed by atoms with Crippen molar-refractivity contribution in [2.24, 2.45) is 5.92 Å². The molecule has 20 heavy (non-hydrogen) atoms. The standard InChI is InChI=1S/C17H27NO2/c1-12(2)10-11-18-15(16(19)20)13-6-8-14(9-7-13)17(3,4)5/h6-9,12,15,18H,10-11H2,1-5H3,(H,19,20). The molecule has 0 spiro atoms. The van der Waals surface area contributed by atoms with E-state index in [0.717, 1.165) is 18.5 Å². The molecule has 0 aliphatic rings. The number of nitrogens with one attached hydrogen (secondary N) is 1. The summed E-state index contributed by atoms with van der Waals surface area (Å²) in [5, 5.41) is 12.5. The molecule has 1 unspecified atom stereocenters. The van der Waals surface area contributed by atoms with E-state index in [0.29, 0.717) is 5.92 Å². The van der Waals surface area contributed by atoms with Gasteiger partial charge < -0.3 is 10.4 Å². The lowest BCUT2D eigenvalue weighted by Gasteiger charge is -2.21. The smallest absolute Gasteiger partial charge is 0.325 e. The molecule has 0 aliphatic carbocycles. The van der Waals surface area contributed by atoms with Crippen LogP contribution < -0.4 is 5.32 Å². The summed E-state index contributed by atoms with van der Waals surface area (Å²) in [5.74, 6) is -0.252. The molecule has 0 fully saturated rings. The topological polar surface area (TPSA) is 49.3 Å². The number of hydrogen-bond donors (Lipinski definition) is 2. The van der Waals surface area contributed by atoms with Crippen molar-refractivity contribution in [3.8, 4) is 0 Å². The maximum Gasteiger partial charge on any atom is 0.325 e. The Hall–Kier alpha value is -1.35. The number of benzene rings is 1. The van der Waals surface area contributed by atoms with Gasteiger partial charge in [0.2, 0.25) is 0 Å². The fourth-order valence-corrected chi connectivity index (χ4v) is 2.04. The van der Waals surface area contributed by atoms with E-state index in [1.807, 2.05) is 24.3 Å². The number of carboxylic acid groups (broad SMARTS) is 1. The third kappa shape index (κ3) is 4.97. The fourth-order valence-electron chi connectivity index (χ4n) is 2.04. The number of carbonyl (C=O) groups is 1. The Kier molecular flexibility index (Phi) is 5.75. The first-order valence-corrected chi connectivity index (χ1v) is 7.28. The summed E-state index contributed by atoms with van der Waals surface area (Å²) < 4.78 is 0. The van der Waals surface area contributed by atoms with Crippen LogP contribution in [0.25, 0.3) is 0 Å². The van der Waals surface area contributed by atoms with Crippen molar-refractivity contribution in [1.82, 2.24) is 5.32 Å². The van der Waals surface area contributed by atoms with Crippen LogP contribution in [0.5, 0.6) is 0 Å². The van der Waals surface area contributed by atoms with Crippen molar-refractivity contribution in [3.63, 3.8) is 0 Å². The molecule has 3 heteroatoms. The molecule has 0 bridgehead atoms. The first kappa shape index (κ1) is 16.7. The van der Waals surface area contributed by atoms with Crippen molar-refractivity contribution >= 4 is 5.97 Å². The Balaban J connectivity index is 2.80. The summed E-state index contributed by atoms with van der Waals surface area (Å²) in [4.78, 5) is 11.4. The lowest BCUT2D eigenvalue weighted by Crippen LogP contribution is -2.30. The normalized spacial score (nSPS) is 13.5. The Morgan fingerprint density at radius 1 is 1.20 bits per heavy atom. The van der Waals surface area contributed by atoms with Crippen LogP contribution in [-0.2, 0) is 10.2 Å². The van der Waals surface area contributed by atoms with Crippen molar-refractivity contribution in [2.45, 2.75) is 52.5 Å². The quantitative estimate of drug-likeness (QED) is 0.832. The molecule has 0 aromatic heterocycles. The largest absolute Gasteiger partial charge is 0.480 e. The molecule has 0 heterocycles. The average Bonchev–Trinajstić information content (AvgIpc) is 2.33. The predicted octanol–water partition coefficient (Wildman–Crippen LogP) is 3.75. The van der Waals surface area contributed by atoms with Gasteiger partial charge in [-0.1, -0.05) is 58.9 Å². The van der Waals surface area contributed by atoms with Crippen LogP contribution in [-0.4, -0.2) is 17.6 Å². The molecule has 112 valence electrons. The molecule has 1 aromatic rings. The van der Waals surface area contributed by atoms with Crippen LogP contribution in [0.3, 0.4) is 0 Å². The second-order valence-corrected chi connectivity index (χ2v) is 6.78. The first-order chi connectivity index (χ1) is 9.21. The predicted molar refractivity (Wildman–Crippen MR) is 83.0 cm³/mol. The summed E-state index contributed by atoms with van der Waals surface area (Å²) in [6.45, 7) is 11.4. The van der Waals surface area contributed by atoms with E-state index in [4.69, 9.17) is 0 Å². The molecular weight excluding hydrogens is 250 g/mol. The van der Waals surface area contributed by atoms with E-state index in [-0.39, 0.29) is 5.41 Å². The average molecular weight is 277 g/mol. The maximum absolute atomic E-state index is 11.4. The monoisotopic (exact) mass is 277 g/mol. The summed E-state index contributed by atoms with van der Waals surface area (Å²) in [6, 6.07) is 7.26. The van der Waals surface area contributed by atoms with Crippen LogP contribution in [0.2, 0.25) is 0 Å². The molecule has 1 aromatic carbocycles. The molecule has 0 amide bonds. The van der Waals surface area contributed by atoms with Crippen molar-refractivity contribution in [2.75, 3.05) is 6.54 Å². The van der Waals surface area contributed by atoms with Crippen molar-refractivity contribution < 1.29 is 9.90 Å². The van der Waals surface area contributed by atoms with E-state index < -0.39 is 12.0 Å².